The molecule has 0 saturated carbocycles. The van der Waals surface area contributed by atoms with Crippen molar-refractivity contribution in [3.63, 3.8) is 0 Å². The molecule has 0 saturated heterocycles. The topological polar surface area (TPSA) is 32.6 Å². The number of fused-ring (bicyclic) bond motifs is 1. The first-order valence-electron chi connectivity index (χ1n) is 6.67. The van der Waals surface area contributed by atoms with Crippen LogP contribution in [0.2, 0.25) is 0 Å². The van der Waals surface area contributed by atoms with E-state index in [4.69, 9.17) is 5.21 Å². The summed E-state index contributed by atoms with van der Waals surface area (Å²) in [6.07, 6.45) is 2.26. The highest BCUT2D eigenvalue weighted by Crippen LogP contribution is 2.39. The minimum Gasteiger partial charge on any atom is -0.411 e. The molecular formula is C17H17NO. The molecule has 19 heavy (non-hydrogen) atoms. The Morgan fingerprint density at radius 2 is 1.74 bits per heavy atom. The second-order valence-corrected chi connectivity index (χ2v) is 5.06. The molecule has 1 atom stereocenters. The fourth-order valence-electron chi connectivity index (χ4n) is 3.06. The molecule has 2 nitrogen and oxygen atoms in total. The molecule has 0 bridgehead atoms. The van der Waals surface area contributed by atoms with Crippen molar-refractivity contribution >= 4 is 5.71 Å². The van der Waals surface area contributed by atoms with Crippen LogP contribution in [0, 0.1) is 0 Å². The molecule has 0 fully saturated rings. The minimum atomic E-state index is 0.420. The van der Waals surface area contributed by atoms with Gasteiger partial charge in [-0.25, -0.2) is 0 Å². The van der Waals surface area contributed by atoms with Crippen molar-refractivity contribution in [3.8, 4) is 0 Å². The van der Waals surface area contributed by atoms with Crippen LogP contribution >= 0.6 is 0 Å². The van der Waals surface area contributed by atoms with Gasteiger partial charge in [-0.15, -0.1) is 0 Å². The summed E-state index contributed by atoms with van der Waals surface area (Å²) in [6, 6.07) is 16.9. The van der Waals surface area contributed by atoms with Crippen LogP contribution < -0.4 is 0 Å². The number of aryl methyl sites for hydroxylation is 1. The average Bonchev–Trinajstić information content (AvgIpc) is 2.90. The van der Waals surface area contributed by atoms with E-state index in [1.165, 1.54) is 16.7 Å². The van der Waals surface area contributed by atoms with Crippen molar-refractivity contribution in [1.82, 2.24) is 0 Å². The van der Waals surface area contributed by atoms with E-state index in [1.54, 1.807) is 0 Å². The molecule has 1 aliphatic rings. The van der Waals surface area contributed by atoms with Gasteiger partial charge < -0.3 is 5.21 Å². The Kier molecular flexibility index (Phi) is 3.08. The van der Waals surface area contributed by atoms with Gasteiger partial charge in [-0.05, 0) is 36.5 Å². The molecule has 0 aliphatic heterocycles. The largest absolute Gasteiger partial charge is 0.411 e. The molecule has 1 aliphatic carbocycles. The number of oxime groups is 1. The van der Waals surface area contributed by atoms with Crippen molar-refractivity contribution in [1.29, 1.82) is 0 Å². The van der Waals surface area contributed by atoms with Crippen LogP contribution in [0.4, 0.5) is 0 Å². The number of hydrogen-bond donors (Lipinski definition) is 1. The molecule has 0 spiro atoms. The second-order valence-electron chi connectivity index (χ2n) is 5.06. The average molecular weight is 251 g/mol. The van der Waals surface area contributed by atoms with E-state index in [1.807, 2.05) is 19.1 Å². The predicted octanol–water partition coefficient (Wildman–Crippen LogP) is 3.96. The van der Waals surface area contributed by atoms with Crippen molar-refractivity contribution in [2.45, 2.75) is 25.7 Å². The highest BCUT2D eigenvalue weighted by atomic mass is 16.4. The van der Waals surface area contributed by atoms with Gasteiger partial charge in [0.25, 0.3) is 0 Å². The van der Waals surface area contributed by atoms with Crippen LogP contribution in [0.5, 0.6) is 0 Å². The molecule has 2 aromatic carbocycles. The van der Waals surface area contributed by atoms with Gasteiger partial charge in [0.2, 0.25) is 0 Å². The van der Waals surface area contributed by atoms with E-state index < -0.39 is 0 Å². The maximum Gasteiger partial charge on any atom is 0.0839 e. The maximum absolute atomic E-state index is 9.04. The Morgan fingerprint density at radius 3 is 2.53 bits per heavy atom. The molecule has 0 radical (unpaired) electrons. The van der Waals surface area contributed by atoms with Crippen molar-refractivity contribution < 1.29 is 5.21 Å². The van der Waals surface area contributed by atoms with Gasteiger partial charge in [0.05, 0.1) is 5.71 Å². The summed E-state index contributed by atoms with van der Waals surface area (Å²) in [7, 11) is 0. The van der Waals surface area contributed by atoms with Gasteiger partial charge in [-0.3, -0.25) is 0 Å². The van der Waals surface area contributed by atoms with E-state index in [-0.39, 0.29) is 0 Å². The first-order chi connectivity index (χ1) is 9.31. The zero-order valence-electron chi connectivity index (χ0n) is 11.0. The number of benzene rings is 2. The van der Waals surface area contributed by atoms with Gasteiger partial charge >= 0.3 is 0 Å². The molecule has 1 N–H and O–H groups in total. The fraction of sp³-hybridized carbons (Fsp3) is 0.235. The number of nitrogens with zero attached hydrogens (tertiary/aromatic N) is 1. The van der Waals surface area contributed by atoms with Crippen molar-refractivity contribution in [3.05, 3.63) is 70.8 Å². The SMILES string of the molecule is C/C(=N\O)c1ccccc1C1CCc2ccccc21. The third kappa shape index (κ3) is 2.03. The fourth-order valence-corrected chi connectivity index (χ4v) is 3.06. The first-order valence-corrected chi connectivity index (χ1v) is 6.67. The Labute approximate surface area is 113 Å². The number of rotatable bonds is 2. The molecule has 0 aromatic heterocycles. The van der Waals surface area contributed by atoms with E-state index in [0.717, 1.165) is 18.4 Å². The summed E-state index contributed by atoms with van der Waals surface area (Å²) in [5.41, 5.74) is 5.86. The molecule has 0 heterocycles. The van der Waals surface area contributed by atoms with Gasteiger partial charge in [-0.2, -0.15) is 0 Å². The second kappa shape index (κ2) is 4.88. The quantitative estimate of drug-likeness (QED) is 0.489. The Hall–Kier alpha value is -2.09. The van der Waals surface area contributed by atoms with Crippen molar-refractivity contribution in [2.75, 3.05) is 0 Å². The highest BCUT2D eigenvalue weighted by molar-refractivity contribution is 5.99. The minimum absolute atomic E-state index is 0.420. The van der Waals surface area contributed by atoms with Crippen LogP contribution in [-0.4, -0.2) is 10.9 Å². The van der Waals surface area contributed by atoms with Crippen LogP contribution in [0.15, 0.2) is 53.7 Å². The van der Waals surface area contributed by atoms with Crippen LogP contribution in [0.3, 0.4) is 0 Å². The van der Waals surface area contributed by atoms with Crippen LogP contribution in [0.1, 0.15) is 41.5 Å². The standard InChI is InChI=1S/C17H17NO/c1-12(18-19)14-7-4-5-9-16(14)17-11-10-13-6-2-3-8-15(13)17/h2-9,17,19H,10-11H2,1H3/b18-12+. The summed E-state index contributed by atoms with van der Waals surface area (Å²) in [6.45, 7) is 1.85. The first kappa shape index (κ1) is 12.0. The lowest BCUT2D eigenvalue weighted by molar-refractivity contribution is 0.319. The van der Waals surface area contributed by atoms with Gasteiger partial charge in [0, 0.05) is 11.5 Å². The molecule has 0 amide bonds. The summed E-state index contributed by atoms with van der Waals surface area (Å²) < 4.78 is 0. The lowest BCUT2D eigenvalue weighted by Crippen LogP contribution is -2.05. The molecule has 1 unspecified atom stereocenters. The van der Waals surface area contributed by atoms with Crippen LogP contribution in [0.25, 0.3) is 0 Å². The van der Waals surface area contributed by atoms with Gasteiger partial charge in [0.15, 0.2) is 0 Å². The molecule has 3 rings (SSSR count). The van der Waals surface area contributed by atoms with Gasteiger partial charge in [0.1, 0.15) is 0 Å². The highest BCUT2D eigenvalue weighted by Gasteiger charge is 2.25. The zero-order chi connectivity index (χ0) is 13.2. The third-order valence-corrected chi connectivity index (χ3v) is 4.01. The van der Waals surface area contributed by atoms with E-state index in [9.17, 15) is 0 Å². The molecule has 96 valence electrons. The zero-order valence-corrected chi connectivity index (χ0v) is 11.0. The Balaban J connectivity index is 2.10. The summed E-state index contributed by atoms with van der Waals surface area (Å²) in [5.74, 6) is 0.420. The third-order valence-electron chi connectivity index (χ3n) is 4.01. The van der Waals surface area contributed by atoms with Gasteiger partial charge in [-0.1, -0.05) is 53.7 Å². The van der Waals surface area contributed by atoms with E-state index in [0.29, 0.717) is 11.6 Å². The van der Waals surface area contributed by atoms with Crippen LogP contribution in [-0.2, 0) is 6.42 Å². The summed E-state index contributed by atoms with van der Waals surface area (Å²) in [4.78, 5) is 0. The maximum atomic E-state index is 9.04. The molecule has 2 aromatic rings. The molecular weight excluding hydrogens is 234 g/mol. The lowest BCUT2D eigenvalue weighted by atomic mass is 9.88. The van der Waals surface area contributed by atoms with E-state index in [2.05, 4.69) is 41.6 Å². The smallest absolute Gasteiger partial charge is 0.0839 e. The lowest BCUT2D eigenvalue weighted by Gasteiger charge is -2.16. The monoisotopic (exact) mass is 251 g/mol. The van der Waals surface area contributed by atoms with E-state index >= 15 is 0 Å². The normalized spacial score (nSPS) is 18.4. The summed E-state index contributed by atoms with van der Waals surface area (Å²) >= 11 is 0. The Bertz CT molecular complexity index is 631. The predicted molar refractivity (Wildman–Crippen MR) is 77.0 cm³/mol. The Morgan fingerprint density at radius 1 is 1.05 bits per heavy atom. The molecule has 2 heteroatoms. The van der Waals surface area contributed by atoms with Crippen molar-refractivity contribution in [2.24, 2.45) is 5.16 Å². The number of hydrogen-bond acceptors (Lipinski definition) is 2. The summed E-state index contributed by atoms with van der Waals surface area (Å²) in [5, 5.41) is 12.4.